The maximum absolute atomic E-state index is 11.7. The number of carbonyl (C=O) groups is 1. The van der Waals surface area contributed by atoms with E-state index < -0.39 is 0 Å². The molecule has 5 heteroatoms. The van der Waals surface area contributed by atoms with E-state index in [1.807, 2.05) is 19.1 Å². The van der Waals surface area contributed by atoms with E-state index in [9.17, 15) is 4.79 Å². The lowest BCUT2D eigenvalue weighted by molar-refractivity contribution is -0.123. The highest BCUT2D eigenvalue weighted by Gasteiger charge is 2.07. The fraction of sp³-hybridized carbons (Fsp3) is 0.625. The number of carbonyl (C=O) groups excluding carboxylic acids is 1. The van der Waals surface area contributed by atoms with Crippen LogP contribution in [0.25, 0.3) is 0 Å². The predicted molar refractivity (Wildman–Crippen MR) is 84.2 cm³/mol. The molecule has 21 heavy (non-hydrogen) atoms. The van der Waals surface area contributed by atoms with E-state index in [2.05, 4.69) is 29.5 Å². The van der Waals surface area contributed by atoms with Gasteiger partial charge in [0, 0.05) is 12.6 Å². The summed E-state index contributed by atoms with van der Waals surface area (Å²) in [4.78, 5) is 16.0. The van der Waals surface area contributed by atoms with Crippen LogP contribution in [0.15, 0.2) is 18.3 Å². The monoisotopic (exact) mass is 293 g/mol. The quantitative estimate of drug-likeness (QED) is 0.650. The topological polar surface area (TPSA) is 63.2 Å². The molecule has 1 unspecified atom stereocenters. The molecule has 0 aliphatic carbocycles. The summed E-state index contributed by atoms with van der Waals surface area (Å²) in [5.41, 5.74) is 0.969. The second-order valence-corrected chi connectivity index (χ2v) is 5.21. The van der Waals surface area contributed by atoms with Crippen LogP contribution in [-0.4, -0.2) is 30.1 Å². The van der Waals surface area contributed by atoms with Crippen molar-refractivity contribution in [2.45, 2.75) is 52.6 Å². The number of hydrogen-bond donors (Lipinski definition) is 2. The molecular weight excluding hydrogens is 266 g/mol. The first-order chi connectivity index (χ1) is 10.2. The number of aromatic nitrogens is 1. The highest BCUT2D eigenvalue weighted by molar-refractivity contribution is 5.77. The minimum absolute atomic E-state index is 0.0309. The van der Waals surface area contributed by atoms with Crippen molar-refractivity contribution < 1.29 is 9.53 Å². The van der Waals surface area contributed by atoms with Gasteiger partial charge in [0.2, 0.25) is 0 Å². The molecule has 0 aliphatic heterocycles. The van der Waals surface area contributed by atoms with E-state index in [0.29, 0.717) is 5.75 Å². The third-order valence-electron chi connectivity index (χ3n) is 3.03. The molecule has 2 N–H and O–H groups in total. The lowest BCUT2D eigenvalue weighted by Gasteiger charge is -2.13. The molecule has 0 bridgehead atoms. The fourth-order valence-corrected chi connectivity index (χ4v) is 1.96. The molecular formula is C16H27N3O2. The number of rotatable bonds is 10. The predicted octanol–water partition coefficient (Wildman–Crippen LogP) is 2.26. The SMILES string of the molecule is CCCNCc1ccc(OCC(=O)NC(C)CCC)cn1. The number of hydrogen-bond acceptors (Lipinski definition) is 4. The van der Waals surface area contributed by atoms with Crippen molar-refractivity contribution in [2.75, 3.05) is 13.2 Å². The van der Waals surface area contributed by atoms with Crippen LogP contribution < -0.4 is 15.4 Å². The van der Waals surface area contributed by atoms with Crippen LogP contribution in [0.2, 0.25) is 0 Å². The first-order valence-corrected chi connectivity index (χ1v) is 7.73. The zero-order chi connectivity index (χ0) is 15.5. The Hall–Kier alpha value is -1.62. The maximum atomic E-state index is 11.7. The smallest absolute Gasteiger partial charge is 0.258 e. The lowest BCUT2D eigenvalue weighted by Crippen LogP contribution is -2.35. The summed E-state index contributed by atoms with van der Waals surface area (Å²) in [7, 11) is 0. The Balaban J connectivity index is 2.30. The molecule has 0 saturated carbocycles. The normalized spacial score (nSPS) is 12.0. The molecule has 1 atom stereocenters. The Bertz CT molecular complexity index is 406. The van der Waals surface area contributed by atoms with Gasteiger partial charge < -0.3 is 15.4 Å². The first-order valence-electron chi connectivity index (χ1n) is 7.73. The van der Waals surface area contributed by atoms with Crippen molar-refractivity contribution >= 4 is 5.91 Å². The van der Waals surface area contributed by atoms with E-state index in [0.717, 1.165) is 38.0 Å². The van der Waals surface area contributed by atoms with Crippen LogP contribution in [0, 0.1) is 0 Å². The van der Waals surface area contributed by atoms with Crippen LogP contribution in [0.3, 0.4) is 0 Å². The minimum Gasteiger partial charge on any atom is -0.482 e. The number of ether oxygens (including phenoxy) is 1. The molecule has 0 fully saturated rings. The molecule has 0 aromatic carbocycles. The molecule has 0 saturated heterocycles. The van der Waals surface area contributed by atoms with Gasteiger partial charge in [0.05, 0.1) is 11.9 Å². The van der Waals surface area contributed by atoms with Crippen molar-refractivity contribution in [3.8, 4) is 5.75 Å². The van der Waals surface area contributed by atoms with Crippen LogP contribution in [0.1, 0.15) is 45.7 Å². The van der Waals surface area contributed by atoms with Gasteiger partial charge in [-0.1, -0.05) is 20.3 Å². The lowest BCUT2D eigenvalue weighted by atomic mass is 10.2. The number of amides is 1. The van der Waals surface area contributed by atoms with Gasteiger partial charge in [-0.15, -0.1) is 0 Å². The van der Waals surface area contributed by atoms with Crippen molar-refractivity contribution in [3.05, 3.63) is 24.0 Å². The molecule has 0 spiro atoms. The number of pyridine rings is 1. The summed E-state index contributed by atoms with van der Waals surface area (Å²) in [6.45, 7) is 7.99. The van der Waals surface area contributed by atoms with Gasteiger partial charge in [-0.2, -0.15) is 0 Å². The molecule has 1 aromatic heterocycles. The summed E-state index contributed by atoms with van der Waals surface area (Å²) in [5.74, 6) is 0.525. The molecule has 1 rings (SSSR count). The second kappa shape index (κ2) is 10.2. The molecule has 0 aliphatic rings. The Morgan fingerprint density at radius 2 is 2.14 bits per heavy atom. The van der Waals surface area contributed by atoms with Gasteiger partial charge >= 0.3 is 0 Å². The summed E-state index contributed by atoms with van der Waals surface area (Å²) in [6, 6.07) is 3.95. The molecule has 1 aromatic rings. The van der Waals surface area contributed by atoms with Crippen molar-refractivity contribution in [1.82, 2.24) is 15.6 Å². The summed E-state index contributed by atoms with van der Waals surface area (Å²) in [5, 5.41) is 6.19. The third-order valence-corrected chi connectivity index (χ3v) is 3.03. The standard InChI is InChI=1S/C16H27N3O2/c1-4-6-13(3)19-16(20)12-21-15-8-7-14(18-11-15)10-17-9-5-2/h7-8,11,13,17H,4-6,9-10,12H2,1-3H3,(H,19,20). The van der Waals surface area contributed by atoms with Gasteiger partial charge in [-0.25, -0.2) is 0 Å². The van der Waals surface area contributed by atoms with Crippen LogP contribution in [-0.2, 0) is 11.3 Å². The first kappa shape index (κ1) is 17.4. The van der Waals surface area contributed by atoms with Gasteiger partial charge in [-0.3, -0.25) is 9.78 Å². The molecule has 0 radical (unpaired) electrons. The van der Waals surface area contributed by atoms with E-state index in [1.165, 1.54) is 0 Å². The Kier molecular flexibility index (Phi) is 8.43. The van der Waals surface area contributed by atoms with Gasteiger partial charge in [0.1, 0.15) is 5.75 Å². The highest BCUT2D eigenvalue weighted by atomic mass is 16.5. The van der Waals surface area contributed by atoms with Crippen LogP contribution in [0.4, 0.5) is 0 Å². The average molecular weight is 293 g/mol. The van der Waals surface area contributed by atoms with E-state index in [1.54, 1.807) is 6.20 Å². The molecule has 1 amide bonds. The van der Waals surface area contributed by atoms with E-state index in [4.69, 9.17) is 4.74 Å². The number of nitrogens with zero attached hydrogens (tertiary/aromatic N) is 1. The molecule has 1 heterocycles. The zero-order valence-corrected chi connectivity index (χ0v) is 13.3. The van der Waals surface area contributed by atoms with Gasteiger partial charge in [0.25, 0.3) is 5.91 Å². The van der Waals surface area contributed by atoms with Crippen LogP contribution in [0.5, 0.6) is 5.75 Å². The molecule has 5 nitrogen and oxygen atoms in total. The minimum atomic E-state index is -0.0929. The van der Waals surface area contributed by atoms with Crippen molar-refractivity contribution in [2.24, 2.45) is 0 Å². The van der Waals surface area contributed by atoms with E-state index >= 15 is 0 Å². The summed E-state index contributed by atoms with van der Waals surface area (Å²) < 4.78 is 5.43. The second-order valence-electron chi connectivity index (χ2n) is 5.21. The van der Waals surface area contributed by atoms with Gasteiger partial charge in [0.15, 0.2) is 6.61 Å². The fourth-order valence-electron chi connectivity index (χ4n) is 1.96. The summed E-state index contributed by atoms with van der Waals surface area (Å²) in [6.07, 6.45) is 4.80. The highest BCUT2D eigenvalue weighted by Crippen LogP contribution is 2.09. The average Bonchev–Trinajstić information content (AvgIpc) is 2.47. The van der Waals surface area contributed by atoms with Crippen molar-refractivity contribution in [1.29, 1.82) is 0 Å². The maximum Gasteiger partial charge on any atom is 0.258 e. The molecule has 118 valence electrons. The van der Waals surface area contributed by atoms with Crippen molar-refractivity contribution in [3.63, 3.8) is 0 Å². The van der Waals surface area contributed by atoms with Crippen LogP contribution >= 0.6 is 0 Å². The van der Waals surface area contributed by atoms with Gasteiger partial charge in [-0.05, 0) is 38.4 Å². The largest absolute Gasteiger partial charge is 0.482 e. The Morgan fingerprint density at radius 3 is 2.76 bits per heavy atom. The number of nitrogens with one attached hydrogen (secondary N) is 2. The Morgan fingerprint density at radius 1 is 1.33 bits per heavy atom. The summed E-state index contributed by atoms with van der Waals surface area (Å²) >= 11 is 0. The Labute approximate surface area is 127 Å². The third kappa shape index (κ3) is 7.66. The van der Waals surface area contributed by atoms with E-state index in [-0.39, 0.29) is 18.6 Å². The zero-order valence-electron chi connectivity index (χ0n) is 13.3.